The number of fused-ring (bicyclic) bond motifs is 2. The Kier molecular flexibility index (Phi) is 7.61. The summed E-state index contributed by atoms with van der Waals surface area (Å²) in [6.07, 6.45) is 15.0. The largest absolute Gasteiger partial charge is 0.341 e. The molecule has 3 rings (SSSR count). The van der Waals surface area contributed by atoms with Crippen molar-refractivity contribution in [2.45, 2.75) is 77.6 Å². The van der Waals surface area contributed by atoms with E-state index in [9.17, 15) is 0 Å². The second kappa shape index (κ2) is 10.4. The third kappa shape index (κ3) is 5.13. The molecule has 0 radical (unpaired) electrons. The molecule has 1 heteroatoms. The minimum absolute atomic E-state index is 1.07. The Balaban J connectivity index is 1.44. The van der Waals surface area contributed by atoms with Crippen LogP contribution in [0.25, 0.3) is 0 Å². The van der Waals surface area contributed by atoms with Gasteiger partial charge in [-0.2, -0.15) is 0 Å². The third-order valence-corrected chi connectivity index (χ3v) is 5.68. The van der Waals surface area contributed by atoms with E-state index in [0.29, 0.717) is 0 Å². The number of unbranched alkanes of at least 4 members (excludes halogenated alkanes) is 9. The Labute approximate surface area is 160 Å². The minimum Gasteiger partial charge on any atom is -0.341 e. The van der Waals surface area contributed by atoms with Gasteiger partial charge in [0.05, 0.1) is 0 Å². The lowest BCUT2D eigenvalue weighted by molar-refractivity contribution is 0.557. The summed E-state index contributed by atoms with van der Waals surface area (Å²) in [4.78, 5) is 2.55. The first-order chi connectivity index (χ1) is 12.9. The van der Waals surface area contributed by atoms with Crippen molar-refractivity contribution in [2.75, 3.05) is 11.4 Å². The highest BCUT2D eigenvalue weighted by Crippen LogP contribution is 2.38. The van der Waals surface area contributed by atoms with E-state index in [1.807, 2.05) is 0 Å². The molecule has 0 aliphatic carbocycles. The first-order valence-electron chi connectivity index (χ1n) is 10.8. The van der Waals surface area contributed by atoms with Crippen molar-refractivity contribution in [1.29, 1.82) is 0 Å². The van der Waals surface area contributed by atoms with Gasteiger partial charge in [0.2, 0.25) is 0 Å². The molecule has 0 amide bonds. The van der Waals surface area contributed by atoms with Crippen molar-refractivity contribution in [3.8, 4) is 0 Å². The molecule has 0 N–H and O–H groups in total. The van der Waals surface area contributed by atoms with Crippen LogP contribution in [0.1, 0.15) is 82.3 Å². The van der Waals surface area contributed by atoms with Crippen LogP contribution in [-0.2, 0) is 6.42 Å². The molecule has 1 nitrogen and oxygen atoms in total. The van der Waals surface area contributed by atoms with Crippen molar-refractivity contribution < 1.29 is 0 Å². The molecule has 0 saturated heterocycles. The molecule has 1 heterocycles. The molecule has 1 aliphatic rings. The fourth-order valence-corrected chi connectivity index (χ4v) is 4.18. The zero-order valence-corrected chi connectivity index (χ0v) is 16.6. The first kappa shape index (κ1) is 19.0. The summed E-state index contributed by atoms with van der Waals surface area (Å²) in [5, 5.41) is 0. The van der Waals surface area contributed by atoms with Gasteiger partial charge in [-0.05, 0) is 29.7 Å². The lowest BCUT2D eigenvalue weighted by Crippen LogP contribution is -2.24. The highest BCUT2D eigenvalue weighted by molar-refractivity contribution is 5.74. The highest BCUT2D eigenvalue weighted by Gasteiger charge is 2.21. The number of hydrogen-bond acceptors (Lipinski definition) is 1. The fraction of sp³-hybridized carbons (Fsp3) is 0.520. The summed E-state index contributed by atoms with van der Waals surface area (Å²) in [6.45, 7) is 3.43. The second-order valence-electron chi connectivity index (χ2n) is 7.77. The van der Waals surface area contributed by atoms with Gasteiger partial charge >= 0.3 is 0 Å². The van der Waals surface area contributed by atoms with Crippen LogP contribution in [0.15, 0.2) is 48.5 Å². The first-order valence-corrected chi connectivity index (χ1v) is 10.8. The van der Waals surface area contributed by atoms with Gasteiger partial charge in [-0.3, -0.25) is 0 Å². The standard InChI is InChI=1S/C25H35N/c1-2-3-4-5-6-7-8-9-10-15-20-26-24-18-13-11-16-22(24)21-23-17-12-14-19-25(23)26/h11-14,16-19H,2-10,15,20-21H2,1H3. The van der Waals surface area contributed by atoms with E-state index < -0.39 is 0 Å². The van der Waals surface area contributed by atoms with Crippen molar-refractivity contribution >= 4 is 11.4 Å². The van der Waals surface area contributed by atoms with E-state index in [4.69, 9.17) is 0 Å². The second-order valence-corrected chi connectivity index (χ2v) is 7.77. The predicted molar refractivity (Wildman–Crippen MR) is 115 cm³/mol. The highest BCUT2D eigenvalue weighted by atomic mass is 15.1. The molecule has 0 spiro atoms. The molecule has 0 saturated carbocycles. The molecule has 26 heavy (non-hydrogen) atoms. The molecule has 2 aromatic carbocycles. The monoisotopic (exact) mass is 349 g/mol. The number of benzene rings is 2. The van der Waals surface area contributed by atoms with Crippen molar-refractivity contribution in [1.82, 2.24) is 0 Å². The number of hydrogen-bond donors (Lipinski definition) is 0. The molecule has 0 unspecified atom stereocenters. The molecule has 0 bridgehead atoms. The smallest absolute Gasteiger partial charge is 0.0446 e. The summed E-state index contributed by atoms with van der Waals surface area (Å²) in [5.74, 6) is 0. The van der Waals surface area contributed by atoms with Gasteiger partial charge in [0.15, 0.2) is 0 Å². The lowest BCUT2D eigenvalue weighted by atomic mass is 9.95. The number of anilines is 2. The van der Waals surface area contributed by atoms with Gasteiger partial charge in [-0.15, -0.1) is 0 Å². The number of nitrogens with zero attached hydrogens (tertiary/aromatic N) is 1. The Morgan fingerprint density at radius 1 is 0.615 bits per heavy atom. The molecular formula is C25H35N. The van der Waals surface area contributed by atoms with Crippen LogP contribution in [0.5, 0.6) is 0 Å². The van der Waals surface area contributed by atoms with Crippen molar-refractivity contribution in [2.24, 2.45) is 0 Å². The van der Waals surface area contributed by atoms with Gasteiger partial charge in [-0.25, -0.2) is 0 Å². The van der Waals surface area contributed by atoms with Crippen molar-refractivity contribution in [3.63, 3.8) is 0 Å². The maximum atomic E-state index is 2.55. The average Bonchev–Trinajstić information content (AvgIpc) is 2.68. The maximum absolute atomic E-state index is 2.55. The van der Waals surface area contributed by atoms with Gasteiger partial charge < -0.3 is 4.90 Å². The SMILES string of the molecule is CCCCCCCCCCCCN1c2ccccc2Cc2ccccc21. The van der Waals surface area contributed by atoms with E-state index in [0.717, 1.165) is 13.0 Å². The Morgan fingerprint density at radius 2 is 1.08 bits per heavy atom. The van der Waals surface area contributed by atoms with E-state index >= 15 is 0 Å². The van der Waals surface area contributed by atoms with E-state index in [1.165, 1.54) is 86.7 Å². The van der Waals surface area contributed by atoms with Gasteiger partial charge in [0.25, 0.3) is 0 Å². The Hall–Kier alpha value is -1.76. The normalized spacial score (nSPS) is 12.7. The van der Waals surface area contributed by atoms with Gasteiger partial charge in [0, 0.05) is 24.3 Å². The summed E-state index contributed by atoms with van der Waals surface area (Å²) >= 11 is 0. The fourth-order valence-electron chi connectivity index (χ4n) is 4.18. The molecule has 140 valence electrons. The number of rotatable bonds is 11. The van der Waals surface area contributed by atoms with Crippen LogP contribution < -0.4 is 4.90 Å². The molecule has 0 fully saturated rings. The molecule has 0 aromatic heterocycles. The van der Waals surface area contributed by atoms with Gasteiger partial charge in [0.1, 0.15) is 0 Å². The van der Waals surface area contributed by atoms with Crippen LogP contribution in [0.4, 0.5) is 11.4 Å². The van der Waals surface area contributed by atoms with Crippen molar-refractivity contribution in [3.05, 3.63) is 59.7 Å². The molecular weight excluding hydrogens is 314 g/mol. The summed E-state index contributed by atoms with van der Waals surface area (Å²) < 4.78 is 0. The quantitative estimate of drug-likeness (QED) is 0.376. The predicted octanol–water partition coefficient (Wildman–Crippen LogP) is 7.65. The lowest BCUT2D eigenvalue weighted by Gasteiger charge is -2.33. The van der Waals surface area contributed by atoms with Crippen LogP contribution in [0.3, 0.4) is 0 Å². The van der Waals surface area contributed by atoms with E-state index in [-0.39, 0.29) is 0 Å². The zero-order chi connectivity index (χ0) is 18.0. The van der Waals surface area contributed by atoms with Crippen LogP contribution >= 0.6 is 0 Å². The third-order valence-electron chi connectivity index (χ3n) is 5.68. The molecule has 0 atom stereocenters. The molecule has 2 aromatic rings. The zero-order valence-electron chi connectivity index (χ0n) is 16.6. The van der Waals surface area contributed by atoms with Gasteiger partial charge in [-0.1, -0.05) is 101 Å². The summed E-state index contributed by atoms with van der Waals surface area (Å²) in [5.41, 5.74) is 5.78. The summed E-state index contributed by atoms with van der Waals surface area (Å²) in [6, 6.07) is 17.9. The van der Waals surface area contributed by atoms with Crippen LogP contribution in [0.2, 0.25) is 0 Å². The minimum atomic E-state index is 1.07. The van der Waals surface area contributed by atoms with E-state index in [2.05, 4.69) is 60.4 Å². The average molecular weight is 350 g/mol. The van der Waals surface area contributed by atoms with Crippen LogP contribution in [0, 0.1) is 0 Å². The summed E-state index contributed by atoms with van der Waals surface area (Å²) in [7, 11) is 0. The maximum Gasteiger partial charge on any atom is 0.0446 e. The van der Waals surface area contributed by atoms with E-state index in [1.54, 1.807) is 0 Å². The Morgan fingerprint density at radius 3 is 1.62 bits per heavy atom. The Bertz CT molecular complexity index is 615. The topological polar surface area (TPSA) is 3.24 Å². The number of para-hydroxylation sites is 2. The molecule has 1 aliphatic heterocycles. The van der Waals surface area contributed by atoms with Crippen LogP contribution in [-0.4, -0.2) is 6.54 Å².